The summed E-state index contributed by atoms with van der Waals surface area (Å²) in [5.41, 5.74) is 2.71. The van der Waals surface area contributed by atoms with E-state index < -0.39 is 6.10 Å². The lowest BCUT2D eigenvalue weighted by atomic mass is 9.98. The smallest absolute Gasteiger partial charge is 0.409 e. The molecule has 0 unspecified atom stereocenters. The van der Waals surface area contributed by atoms with Crippen LogP contribution in [0.5, 0.6) is 0 Å². The summed E-state index contributed by atoms with van der Waals surface area (Å²) >= 11 is 0. The molecule has 2 aliphatic heterocycles. The molecule has 2 heterocycles. The van der Waals surface area contributed by atoms with Crippen LogP contribution in [-0.4, -0.2) is 59.9 Å². The summed E-state index contributed by atoms with van der Waals surface area (Å²) in [7, 11) is 1.37. The molecular formula is C15H20N2O3. The summed E-state index contributed by atoms with van der Waals surface area (Å²) in [5, 5.41) is 10.2. The monoisotopic (exact) mass is 276 g/mol. The van der Waals surface area contributed by atoms with E-state index in [0.29, 0.717) is 13.1 Å². The van der Waals surface area contributed by atoms with Gasteiger partial charge in [0.15, 0.2) is 0 Å². The van der Waals surface area contributed by atoms with Gasteiger partial charge in [0, 0.05) is 19.6 Å². The van der Waals surface area contributed by atoms with Crippen molar-refractivity contribution in [2.45, 2.75) is 25.1 Å². The highest BCUT2D eigenvalue weighted by Gasteiger charge is 2.38. The average molecular weight is 276 g/mol. The van der Waals surface area contributed by atoms with E-state index in [0.717, 1.165) is 19.5 Å². The van der Waals surface area contributed by atoms with Crippen LogP contribution in [0, 0.1) is 0 Å². The van der Waals surface area contributed by atoms with Crippen LogP contribution in [0.15, 0.2) is 24.3 Å². The van der Waals surface area contributed by atoms with E-state index in [1.165, 1.54) is 18.2 Å². The van der Waals surface area contributed by atoms with Crippen molar-refractivity contribution in [3.63, 3.8) is 0 Å². The maximum atomic E-state index is 11.6. The molecule has 20 heavy (non-hydrogen) atoms. The minimum atomic E-state index is -0.501. The summed E-state index contributed by atoms with van der Waals surface area (Å²) in [6.45, 7) is 2.66. The standard InChI is InChI=1S/C15H20N2O3/c1-20-15(19)17-9-13(14(18)10-17)16-7-6-11-4-2-3-5-12(11)8-16/h2-5,13-14,18H,6-10H2,1H3/t13-,14-/m1/s1. The summed E-state index contributed by atoms with van der Waals surface area (Å²) in [5.74, 6) is 0. The van der Waals surface area contributed by atoms with Gasteiger partial charge in [-0.25, -0.2) is 4.79 Å². The van der Waals surface area contributed by atoms with Gasteiger partial charge in [-0.15, -0.1) is 0 Å². The van der Waals surface area contributed by atoms with Crippen molar-refractivity contribution in [3.8, 4) is 0 Å². The number of hydrogen-bond acceptors (Lipinski definition) is 4. The fourth-order valence-corrected chi connectivity index (χ4v) is 3.21. The van der Waals surface area contributed by atoms with Crippen molar-refractivity contribution < 1.29 is 14.6 Å². The summed E-state index contributed by atoms with van der Waals surface area (Å²) < 4.78 is 4.73. The summed E-state index contributed by atoms with van der Waals surface area (Å²) in [6.07, 6.45) is 0.140. The first kappa shape index (κ1) is 13.4. The van der Waals surface area contributed by atoms with Gasteiger partial charge in [0.05, 0.1) is 25.8 Å². The van der Waals surface area contributed by atoms with Gasteiger partial charge in [0.1, 0.15) is 0 Å². The topological polar surface area (TPSA) is 53.0 Å². The number of aliphatic hydroxyl groups is 1. The molecule has 1 N–H and O–H groups in total. The number of aliphatic hydroxyl groups excluding tert-OH is 1. The van der Waals surface area contributed by atoms with E-state index >= 15 is 0 Å². The number of likely N-dealkylation sites (tertiary alicyclic amines) is 1. The SMILES string of the molecule is COC(=O)N1C[C@@H](O)[C@H](N2CCc3ccccc3C2)C1. The van der Waals surface area contributed by atoms with Crippen molar-refractivity contribution in [3.05, 3.63) is 35.4 Å². The van der Waals surface area contributed by atoms with Crippen molar-refractivity contribution in [2.24, 2.45) is 0 Å². The molecule has 0 bridgehead atoms. The van der Waals surface area contributed by atoms with Gasteiger partial charge >= 0.3 is 6.09 Å². The lowest BCUT2D eigenvalue weighted by molar-refractivity contribution is 0.0745. The quantitative estimate of drug-likeness (QED) is 0.826. The van der Waals surface area contributed by atoms with Gasteiger partial charge in [0.25, 0.3) is 0 Å². The predicted octanol–water partition coefficient (Wildman–Crippen LogP) is 0.856. The van der Waals surface area contributed by atoms with Crippen LogP contribution >= 0.6 is 0 Å². The number of hydrogen-bond donors (Lipinski definition) is 1. The highest BCUT2D eigenvalue weighted by atomic mass is 16.5. The fourth-order valence-electron chi connectivity index (χ4n) is 3.21. The Kier molecular flexibility index (Phi) is 3.63. The molecule has 0 spiro atoms. The fraction of sp³-hybridized carbons (Fsp3) is 0.533. The van der Waals surface area contributed by atoms with Crippen LogP contribution in [-0.2, 0) is 17.7 Å². The molecule has 2 aliphatic rings. The number of nitrogens with zero attached hydrogens (tertiary/aromatic N) is 2. The second-order valence-corrected chi connectivity index (χ2v) is 5.50. The molecule has 1 aromatic rings. The first-order valence-electron chi connectivity index (χ1n) is 7.01. The molecule has 0 radical (unpaired) electrons. The third-order valence-electron chi connectivity index (χ3n) is 4.32. The number of benzene rings is 1. The largest absolute Gasteiger partial charge is 0.453 e. The number of amides is 1. The predicted molar refractivity (Wildman–Crippen MR) is 74.3 cm³/mol. The maximum Gasteiger partial charge on any atom is 0.409 e. The van der Waals surface area contributed by atoms with Crippen LogP contribution in [0.25, 0.3) is 0 Å². The van der Waals surface area contributed by atoms with E-state index in [-0.39, 0.29) is 12.1 Å². The number of ether oxygens (including phenoxy) is 1. The Balaban J connectivity index is 1.70. The zero-order chi connectivity index (χ0) is 14.1. The molecule has 0 aliphatic carbocycles. The number of carbonyl (C=O) groups is 1. The first-order valence-corrected chi connectivity index (χ1v) is 7.01. The van der Waals surface area contributed by atoms with E-state index in [1.54, 1.807) is 4.90 Å². The van der Waals surface area contributed by atoms with Crippen molar-refractivity contribution in [2.75, 3.05) is 26.7 Å². The number of carbonyl (C=O) groups excluding carboxylic acids is 1. The molecule has 3 rings (SSSR count). The second kappa shape index (κ2) is 5.42. The highest BCUT2D eigenvalue weighted by Crippen LogP contribution is 2.24. The highest BCUT2D eigenvalue weighted by molar-refractivity contribution is 5.68. The molecule has 1 amide bonds. The van der Waals surface area contributed by atoms with E-state index in [9.17, 15) is 9.90 Å². The number of rotatable bonds is 1. The van der Waals surface area contributed by atoms with E-state index in [4.69, 9.17) is 4.74 Å². The van der Waals surface area contributed by atoms with Gasteiger partial charge < -0.3 is 14.7 Å². The number of fused-ring (bicyclic) bond motifs is 1. The van der Waals surface area contributed by atoms with Crippen LogP contribution in [0.4, 0.5) is 4.79 Å². The Morgan fingerprint density at radius 2 is 2.05 bits per heavy atom. The normalized spacial score (nSPS) is 26.4. The number of β-amino-alcohol motifs (C(OH)–C–C–N with tert-alkyl or cyclic N) is 1. The van der Waals surface area contributed by atoms with Gasteiger partial charge in [0.2, 0.25) is 0 Å². The lowest BCUT2D eigenvalue weighted by Gasteiger charge is -2.34. The average Bonchev–Trinajstić information content (AvgIpc) is 2.88. The van der Waals surface area contributed by atoms with Gasteiger partial charge in [-0.3, -0.25) is 4.90 Å². The Morgan fingerprint density at radius 3 is 2.80 bits per heavy atom. The van der Waals surface area contributed by atoms with Crippen molar-refractivity contribution in [1.82, 2.24) is 9.80 Å². The maximum absolute atomic E-state index is 11.6. The zero-order valence-electron chi connectivity index (χ0n) is 11.7. The molecule has 2 atom stereocenters. The Hall–Kier alpha value is -1.59. The van der Waals surface area contributed by atoms with E-state index in [2.05, 4.69) is 23.1 Å². The Labute approximate surface area is 118 Å². The third kappa shape index (κ3) is 2.39. The van der Waals surface area contributed by atoms with Gasteiger partial charge in [-0.1, -0.05) is 24.3 Å². The molecule has 5 nitrogen and oxygen atoms in total. The molecule has 0 aromatic heterocycles. The molecule has 1 saturated heterocycles. The summed E-state index contributed by atoms with van der Waals surface area (Å²) in [6, 6.07) is 8.42. The molecule has 1 aromatic carbocycles. The molecule has 1 fully saturated rings. The van der Waals surface area contributed by atoms with Crippen molar-refractivity contribution >= 4 is 6.09 Å². The Bertz CT molecular complexity index is 506. The molecule has 5 heteroatoms. The third-order valence-corrected chi connectivity index (χ3v) is 4.32. The van der Waals surface area contributed by atoms with Gasteiger partial charge in [-0.05, 0) is 17.5 Å². The summed E-state index contributed by atoms with van der Waals surface area (Å²) in [4.78, 5) is 15.4. The van der Waals surface area contributed by atoms with Crippen LogP contribution < -0.4 is 0 Å². The molecule has 108 valence electrons. The second-order valence-electron chi connectivity index (χ2n) is 5.50. The van der Waals surface area contributed by atoms with Crippen LogP contribution in [0.2, 0.25) is 0 Å². The number of methoxy groups -OCH3 is 1. The Morgan fingerprint density at radius 1 is 1.30 bits per heavy atom. The van der Waals surface area contributed by atoms with Crippen LogP contribution in [0.1, 0.15) is 11.1 Å². The first-order chi connectivity index (χ1) is 9.69. The lowest BCUT2D eigenvalue weighted by Crippen LogP contribution is -2.45. The minimum Gasteiger partial charge on any atom is -0.453 e. The molecular weight excluding hydrogens is 256 g/mol. The minimum absolute atomic E-state index is 0.00227. The van der Waals surface area contributed by atoms with Gasteiger partial charge in [-0.2, -0.15) is 0 Å². The van der Waals surface area contributed by atoms with Crippen molar-refractivity contribution in [1.29, 1.82) is 0 Å². The molecule has 0 saturated carbocycles. The zero-order valence-corrected chi connectivity index (χ0v) is 11.7. The van der Waals surface area contributed by atoms with Crippen LogP contribution in [0.3, 0.4) is 0 Å². The van der Waals surface area contributed by atoms with E-state index in [1.807, 2.05) is 6.07 Å².